The second kappa shape index (κ2) is 5.50. The Bertz CT molecular complexity index is 389. The van der Waals surface area contributed by atoms with Crippen LogP contribution in [0, 0.1) is 6.92 Å². The van der Waals surface area contributed by atoms with Crippen molar-refractivity contribution in [3.63, 3.8) is 0 Å². The van der Waals surface area contributed by atoms with Crippen LogP contribution in [-0.2, 0) is 4.79 Å². The molecule has 2 N–H and O–H groups in total. The molecule has 5 nitrogen and oxygen atoms in total. The third-order valence-electron chi connectivity index (χ3n) is 2.10. The Hall–Kier alpha value is -1.56. The zero-order valence-electron chi connectivity index (χ0n) is 9.19. The molecule has 88 valence electrons. The van der Waals surface area contributed by atoms with Gasteiger partial charge in [0.2, 0.25) is 0 Å². The van der Waals surface area contributed by atoms with Gasteiger partial charge in [-0.1, -0.05) is 0 Å². The van der Waals surface area contributed by atoms with Gasteiger partial charge in [-0.25, -0.2) is 4.79 Å². The predicted molar refractivity (Wildman–Crippen MR) is 63.0 cm³/mol. The zero-order valence-corrected chi connectivity index (χ0v) is 10.0. The number of hydrogen-bond acceptors (Lipinski definition) is 3. The van der Waals surface area contributed by atoms with Crippen LogP contribution < -0.4 is 5.32 Å². The van der Waals surface area contributed by atoms with Crippen molar-refractivity contribution in [3.05, 3.63) is 16.3 Å². The summed E-state index contributed by atoms with van der Waals surface area (Å²) in [5.74, 6) is -0.911. The third-order valence-corrected chi connectivity index (χ3v) is 2.97. The SMILES string of the molecule is Cc1cscc1NC(=O)N(C)CCC(=O)O. The van der Waals surface area contributed by atoms with E-state index >= 15 is 0 Å². The summed E-state index contributed by atoms with van der Waals surface area (Å²) >= 11 is 1.51. The molecule has 0 aliphatic heterocycles. The van der Waals surface area contributed by atoms with E-state index in [0.717, 1.165) is 11.3 Å². The van der Waals surface area contributed by atoms with Gasteiger partial charge in [0.05, 0.1) is 12.1 Å². The molecule has 0 saturated heterocycles. The van der Waals surface area contributed by atoms with E-state index in [1.807, 2.05) is 17.7 Å². The average Bonchev–Trinajstić information content (AvgIpc) is 2.60. The molecule has 0 unspecified atom stereocenters. The van der Waals surface area contributed by atoms with Gasteiger partial charge in [0.1, 0.15) is 0 Å². The largest absolute Gasteiger partial charge is 0.481 e. The number of urea groups is 1. The fourth-order valence-corrected chi connectivity index (χ4v) is 1.84. The maximum atomic E-state index is 11.6. The molecule has 0 aliphatic rings. The molecule has 1 rings (SSSR count). The van der Waals surface area contributed by atoms with E-state index in [1.165, 1.54) is 16.2 Å². The van der Waals surface area contributed by atoms with Crippen LogP contribution >= 0.6 is 11.3 Å². The molecule has 6 heteroatoms. The summed E-state index contributed by atoms with van der Waals surface area (Å²) in [5.41, 5.74) is 1.78. The zero-order chi connectivity index (χ0) is 12.1. The number of nitrogens with one attached hydrogen (secondary N) is 1. The van der Waals surface area contributed by atoms with E-state index in [1.54, 1.807) is 7.05 Å². The lowest BCUT2D eigenvalue weighted by Crippen LogP contribution is -2.33. The predicted octanol–water partition coefficient (Wildman–Crippen LogP) is 1.99. The van der Waals surface area contributed by atoms with Crippen LogP contribution in [0.25, 0.3) is 0 Å². The minimum atomic E-state index is -0.911. The molecule has 0 atom stereocenters. The molecular formula is C10H14N2O3S. The van der Waals surface area contributed by atoms with Crippen molar-refractivity contribution < 1.29 is 14.7 Å². The number of anilines is 1. The lowest BCUT2D eigenvalue weighted by molar-refractivity contribution is -0.137. The normalized spacial score (nSPS) is 9.88. The molecular weight excluding hydrogens is 228 g/mol. The van der Waals surface area contributed by atoms with Crippen molar-refractivity contribution in [1.82, 2.24) is 4.90 Å². The van der Waals surface area contributed by atoms with E-state index in [9.17, 15) is 9.59 Å². The highest BCUT2D eigenvalue weighted by Gasteiger charge is 2.11. The van der Waals surface area contributed by atoms with Crippen LogP contribution in [0.1, 0.15) is 12.0 Å². The van der Waals surface area contributed by atoms with Gasteiger partial charge in [-0.2, -0.15) is 0 Å². The highest BCUT2D eigenvalue weighted by molar-refractivity contribution is 7.08. The van der Waals surface area contributed by atoms with Crippen molar-refractivity contribution in [2.24, 2.45) is 0 Å². The van der Waals surface area contributed by atoms with Crippen LogP contribution in [0.3, 0.4) is 0 Å². The van der Waals surface area contributed by atoms with Gasteiger partial charge in [0.15, 0.2) is 0 Å². The van der Waals surface area contributed by atoms with Gasteiger partial charge in [0, 0.05) is 19.0 Å². The van der Waals surface area contributed by atoms with E-state index in [2.05, 4.69) is 5.32 Å². The molecule has 0 radical (unpaired) electrons. The summed E-state index contributed by atoms with van der Waals surface area (Å²) in [6, 6.07) is -0.289. The Labute approximate surface area is 97.7 Å². The Morgan fingerprint density at radius 3 is 2.69 bits per heavy atom. The van der Waals surface area contributed by atoms with E-state index in [0.29, 0.717) is 0 Å². The van der Waals surface area contributed by atoms with Crippen molar-refractivity contribution in [3.8, 4) is 0 Å². The number of carbonyl (C=O) groups excluding carboxylic acids is 1. The molecule has 0 saturated carbocycles. The van der Waals surface area contributed by atoms with E-state index < -0.39 is 5.97 Å². The molecule has 1 aromatic heterocycles. The number of rotatable bonds is 4. The molecule has 2 amide bonds. The summed E-state index contributed by atoms with van der Waals surface area (Å²) in [5, 5.41) is 15.0. The molecule has 0 bridgehead atoms. The summed E-state index contributed by atoms with van der Waals surface area (Å²) < 4.78 is 0. The maximum Gasteiger partial charge on any atom is 0.321 e. The second-order valence-corrected chi connectivity index (χ2v) is 4.21. The van der Waals surface area contributed by atoms with Gasteiger partial charge in [-0.3, -0.25) is 4.79 Å². The number of carboxylic acid groups (broad SMARTS) is 1. The van der Waals surface area contributed by atoms with Crippen molar-refractivity contribution in [2.75, 3.05) is 18.9 Å². The van der Waals surface area contributed by atoms with Crippen molar-refractivity contribution in [2.45, 2.75) is 13.3 Å². The first-order chi connectivity index (χ1) is 7.50. The Morgan fingerprint density at radius 1 is 1.50 bits per heavy atom. The molecule has 0 fully saturated rings. The van der Waals surface area contributed by atoms with E-state index in [-0.39, 0.29) is 19.0 Å². The molecule has 0 spiro atoms. The Balaban J connectivity index is 2.46. The van der Waals surface area contributed by atoms with Crippen molar-refractivity contribution in [1.29, 1.82) is 0 Å². The lowest BCUT2D eigenvalue weighted by atomic mass is 10.3. The third kappa shape index (κ3) is 3.54. The van der Waals surface area contributed by atoms with Crippen LogP contribution in [-0.4, -0.2) is 35.6 Å². The van der Waals surface area contributed by atoms with Crippen molar-refractivity contribution >= 4 is 29.0 Å². The Morgan fingerprint density at radius 2 is 2.19 bits per heavy atom. The van der Waals surface area contributed by atoms with Crippen LogP contribution in [0.4, 0.5) is 10.5 Å². The number of hydrogen-bond donors (Lipinski definition) is 2. The van der Waals surface area contributed by atoms with Gasteiger partial charge in [-0.05, 0) is 17.9 Å². The molecule has 0 aliphatic carbocycles. The standard InChI is InChI=1S/C10H14N2O3S/c1-7-5-16-6-8(7)11-10(15)12(2)4-3-9(13)14/h5-6H,3-4H2,1-2H3,(H,11,15)(H,13,14). The van der Waals surface area contributed by atoms with E-state index in [4.69, 9.17) is 5.11 Å². The van der Waals surface area contributed by atoms with Gasteiger partial charge in [0.25, 0.3) is 0 Å². The van der Waals surface area contributed by atoms with Gasteiger partial charge >= 0.3 is 12.0 Å². The topological polar surface area (TPSA) is 69.6 Å². The first-order valence-electron chi connectivity index (χ1n) is 4.77. The first kappa shape index (κ1) is 12.5. The monoisotopic (exact) mass is 242 g/mol. The summed E-state index contributed by atoms with van der Waals surface area (Å²) in [7, 11) is 1.57. The molecule has 0 aromatic carbocycles. The summed E-state index contributed by atoms with van der Waals surface area (Å²) in [6.07, 6.45) is -0.0491. The summed E-state index contributed by atoms with van der Waals surface area (Å²) in [4.78, 5) is 23.3. The Kier molecular flexibility index (Phi) is 4.30. The number of aryl methyl sites for hydroxylation is 1. The highest BCUT2D eigenvalue weighted by atomic mass is 32.1. The number of amides is 2. The number of carboxylic acids is 1. The number of nitrogens with zero attached hydrogens (tertiary/aromatic N) is 1. The van der Waals surface area contributed by atoms with Gasteiger partial charge in [-0.15, -0.1) is 11.3 Å². The number of aliphatic carboxylic acids is 1. The van der Waals surface area contributed by atoms with Crippen LogP contribution in [0.5, 0.6) is 0 Å². The average molecular weight is 242 g/mol. The minimum absolute atomic E-state index is 0.0491. The van der Waals surface area contributed by atoms with Gasteiger partial charge < -0.3 is 15.3 Å². The minimum Gasteiger partial charge on any atom is -0.481 e. The molecule has 1 aromatic rings. The fraction of sp³-hybridized carbons (Fsp3) is 0.400. The smallest absolute Gasteiger partial charge is 0.321 e. The maximum absolute atomic E-state index is 11.6. The number of carbonyl (C=O) groups is 2. The van der Waals surface area contributed by atoms with Crippen LogP contribution in [0.2, 0.25) is 0 Å². The summed E-state index contributed by atoms with van der Waals surface area (Å²) in [6.45, 7) is 2.10. The molecule has 16 heavy (non-hydrogen) atoms. The lowest BCUT2D eigenvalue weighted by Gasteiger charge is -2.16. The molecule has 1 heterocycles. The first-order valence-corrected chi connectivity index (χ1v) is 5.71. The number of thiophene rings is 1. The van der Waals surface area contributed by atoms with Crippen LogP contribution in [0.15, 0.2) is 10.8 Å². The second-order valence-electron chi connectivity index (χ2n) is 3.46. The quantitative estimate of drug-likeness (QED) is 0.848. The fourth-order valence-electron chi connectivity index (χ4n) is 1.06. The highest BCUT2D eigenvalue weighted by Crippen LogP contribution is 2.19.